The van der Waals surface area contributed by atoms with Gasteiger partial charge in [-0.05, 0) is 30.7 Å². The van der Waals surface area contributed by atoms with Crippen LogP contribution in [0.5, 0.6) is 0 Å². The van der Waals surface area contributed by atoms with Crippen LogP contribution in [0.1, 0.15) is 28.5 Å². The number of aromatic nitrogens is 1. The van der Waals surface area contributed by atoms with Gasteiger partial charge in [0.05, 0.1) is 5.02 Å². The molecule has 2 aromatic rings. The van der Waals surface area contributed by atoms with E-state index in [0.717, 1.165) is 18.3 Å². The first-order valence-electron chi connectivity index (χ1n) is 7.96. The average molecular weight is 398 g/mol. The van der Waals surface area contributed by atoms with E-state index in [4.69, 9.17) is 22.1 Å². The summed E-state index contributed by atoms with van der Waals surface area (Å²) < 4.78 is 47.5. The van der Waals surface area contributed by atoms with Gasteiger partial charge in [-0.25, -0.2) is 23.1 Å². The summed E-state index contributed by atoms with van der Waals surface area (Å²) in [6.45, 7) is 1.02. The molecule has 1 aliphatic rings. The lowest BCUT2D eigenvalue weighted by atomic mass is 9.85. The number of rotatable bonds is 4. The van der Waals surface area contributed by atoms with Crippen molar-refractivity contribution in [3.63, 3.8) is 0 Å². The number of pyridine rings is 1. The maximum atomic E-state index is 14.4. The molecular weight excluding hydrogens is 383 g/mol. The minimum Gasteiger partial charge on any atom is -0.462 e. The van der Waals surface area contributed by atoms with E-state index in [0.29, 0.717) is 5.56 Å². The summed E-state index contributed by atoms with van der Waals surface area (Å²) in [4.78, 5) is 19.9. The first kappa shape index (κ1) is 19.2. The van der Waals surface area contributed by atoms with Crippen molar-refractivity contribution >= 4 is 23.4 Å². The Morgan fingerprint density at radius 3 is 2.81 bits per heavy atom. The number of nitrogens with zero attached hydrogens (tertiary/aromatic N) is 2. The fourth-order valence-corrected chi connectivity index (χ4v) is 2.98. The van der Waals surface area contributed by atoms with Gasteiger partial charge in [0.2, 0.25) is 0 Å². The monoisotopic (exact) mass is 397 g/mol. The average Bonchev–Trinajstić information content (AvgIpc) is 2.60. The van der Waals surface area contributed by atoms with Gasteiger partial charge in [0, 0.05) is 18.2 Å². The number of benzene rings is 1. The molecule has 1 aliphatic heterocycles. The van der Waals surface area contributed by atoms with Crippen molar-refractivity contribution in [3.8, 4) is 0 Å². The number of ether oxygens (including phenoxy) is 1. The number of carbonyl (C=O) groups is 1. The van der Waals surface area contributed by atoms with Gasteiger partial charge in [0.1, 0.15) is 23.7 Å². The van der Waals surface area contributed by atoms with Crippen LogP contribution in [-0.2, 0) is 16.7 Å². The van der Waals surface area contributed by atoms with Gasteiger partial charge in [0.25, 0.3) is 6.02 Å². The maximum Gasteiger partial charge on any atom is 0.283 e. The SMILES string of the molecule is C[C@]1(c2cc(CC(=O)c3ncc(Cl)cc3F)ccc2F)N=C(N)OC[C@@H]1F. The topological polar surface area (TPSA) is 77.6 Å². The number of ketones is 1. The summed E-state index contributed by atoms with van der Waals surface area (Å²) >= 11 is 5.62. The van der Waals surface area contributed by atoms with Crippen molar-refractivity contribution in [2.75, 3.05) is 6.61 Å². The molecule has 27 heavy (non-hydrogen) atoms. The van der Waals surface area contributed by atoms with Crippen molar-refractivity contribution in [2.24, 2.45) is 10.7 Å². The molecule has 0 bridgehead atoms. The van der Waals surface area contributed by atoms with E-state index < -0.39 is 29.1 Å². The molecule has 2 atom stereocenters. The van der Waals surface area contributed by atoms with E-state index in [1.54, 1.807) is 0 Å². The number of halogens is 4. The second-order valence-electron chi connectivity index (χ2n) is 6.27. The quantitative estimate of drug-likeness (QED) is 0.803. The first-order chi connectivity index (χ1) is 12.7. The summed E-state index contributed by atoms with van der Waals surface area (Å²) in [7, 11) is 0. The summed E-state index contributed by atoms with van der Waals surface area (Å²) in [6, 6.07) is 4.50. The van der Waals surface area contributed by atoms with Crippen LogP contribution >= 0.6 is 11.6 Å². The number of alkyl halides is 1. The van der Waals surface area contributed by atoms with Crippen molar-refractivity contribution < 1.29 is 22.7 Å². The number of hydrogen-bond donors (Lipinski definition) is 1. The maximum absolute atomic E-state index is 14.4. The van der Waals surface area contributed by atoms with E-state index in [1.165, 1.54) is 19.1 Å². The Kier molecular flexibility index (Phi) is 5.10. The number of carbonyl (C=O) groups excluding carboxylic acids is 1. The lowest BCUT2D eigenvalue weighted by molar-refractivity contribution is 0.0921. The minimum absolute atomic E-state index is 0.0602. The molecule has 2 N–H and O–H groups in total. The van der Waals surface area contributed by atoms with E-state index >= 15 is 0 Å². The molecule has 0 unspecified atom stereocenters. The molecule has 1 aromatic carbocycles. The Morgan fingerprint density at radius 1 is 1.37 bits per heavy atom. The molecule has 3 rings (SSSR count). The van der Waals surface area contributed by atoms with Gasteiger partial charge in [-0.2, -0.15) is 0 Å². The van der Waals surface area contributed by atoms with Gasteiger partial charge in [-0.3, -0.25) is 4.79 Å². The highest BCUT2D eigenvalue weighted by molar-refractivity contribution is 6.30. The lowest BCUT2D eigenvalue weighted by Gasteiger charge is -2.33. The number of nitrogens with two attached hydrogens (primary N) is 1. The summed E-state index contributed by atoms with van der Waals surface area (Å²) in [6.07, 6.45) is -0.746. The predicted molar refractivity (Wildman–Crippen MR) is 93.5 cm³/mol. The molecule has 0 fully saturated rings. The molecule has 2 heterocycles. The van der Waals surface area contributed by atoms with Crippen molar-refractivity contribution in [3.05, 3.63) is 63.9 Å². The molecular formula is C18H15ClF3N3O2. The van der Waals surface area contributed by atoms with Crippen molar-refractivity contribution in [2.45, 2.75) is 25.1 Å². The third-order valence-corrected chi connectivity index (χ3v) is 4.55. The molecule has 1 aromatic heterocycles. The Labute approximate surface area is 158 Å². The largest absolute Gasteiger partial charge is 0.462 e. The standard InChI is InChI=1S/C18H15ClF3N3O2/c1-18(15(22)8-27-17(23)25-18)11-4-9(2-3-12(11)20)5-14(26)16-13(21)6-10(19)7-24-16/h2-4,6-7,15H,5,8H2,1H3,(H2,23,25)/t15-,18+/m0/s1. The highest BCUT2D eigenvalue weighted by atomic mass is 35.5. The molecule has 0 radical (unpaired) electrons. The highest BCUT2D eigenvalue weighted by Gasteiger charge is 2.42. The summed E-state index contributed by atoms with van der Waals surface area (Å²) in [5.74, 6) is -2.18. The Balaban J connectivity index is 1.94. The van der Waals surface area contributed by atoms with Gasteiger partial charge < -0.3 is 10.5 Å². The van der Waals surface area contributed by atoms with Crippen LogP contribution in [0.3, 0.4) is 0 Å². The second kappa shape index (κ2) is 7.19. The molecule has 9 heteroatoms. The van der Waals surface area contributed by atoms with Crippen LogP contribution in [0.15, 0.2) is 35.5 Å². The fraction of sp³-hybridized carbons (Fsp3) is 0.278. The van der Waals surface area contributed by atoms with E-state index in [2.05, 4.69) is 9.98 Å². The normalized spacial score (nSPS) is 22.1. The minimum atomic E-state index is -1.64. The van der Waals surface area contributed by atoms with Crippen molar-refractivity contribution in [1.29, 1.82) is 0 Å². The summed E-state index contributed by atoms with van der Waals surface area (Å²) in [5.41, 5.74) is 3.80. The number of Topliss-reactive ketones (excluding diaryl/α,β-unsaturated/α-hetero) is 1. The van der Waals surface area contributed by atoms with Crippen LogP contribution in [0, 0.1) is 11.6 Å². The van der Waals surface area contributed by atoms with Crippen LogP contribution in [0.2, 0.25) is 5.02 Å². The van der Waals surface area contributed by atoms with Crippen LogP contribution in [0.25, 0.3) is 0 Å². The zero-order valence-corrected chi connectivity index (χ0v) is 14.9. The third-order valence-electron chi connectivity index (χ3n) is 4.34. The number of amidine groups is 1. The fourth-order valence-electron chi connectivity index (χ4n) is 2.84. The van der Waals surface area contributed by atoms with Crippen LogP contribution < -0.4 is 5.73 Å². The summed E-state index contributed by atoms with van der Waals surface area (Å²) in [5, 5.41) is 0.0602. The van der Waals surface area contributed by atoms with Gasteiger partial charge in [-0.15, -0.1) is 0 Å². The predicted octanol–water partition coefficient (Wildman–Crippen LogP) is 3.34. The van der Waals surface area contributed by atoms with Crippen molar-refractivity contribution in [1.82, 2.24) is 4.98 Å². The highest BCUT2D eigenvalue weighted by Crippen LogP contribution is 2.36. The zero-order chi connectivity index (χ0) is 19.8. The van der Waals surface area contributed by atoms with Crippen LogP contribution in [0.4, 0.5) is 13.2 Å². The van der Waals surface area contributed by atoms with Crippen LogP contribution in [-0.4, -0.2) is 29.6 Å². The molecule has 0 spiro atoms. The molecule has 142 valence electrons. The third kappa shape index (κ3) is 3.75. The van der Waals surface area contributed by atoms with E-state index in [1.807, 2.05) is 0 Å². The smallest absolute Gasteiger partial charge is 0.283 e. The number of hydrogen-bond acceptors (Lipinski definition) is 5. The lowest BCUT2D eigenvalue weighted by Crippen LogP contribution is -2.43. The van der Waals surface area contributed by atoms with E-state index in [9.17, 15) is 18.0 Å². The van der Waals surface area contributed by atoms with Gasteiger partial charge in [0.15, 0.2) is 17.8 Å². The second-order valence-corrected chi connectivity index (χ2v) is 6.71. The molecule has 5 nitrogen and oxygen atoms in total. The Hall–Kier alpha value is -2.61. The number of aliphatic imine (C=N–C) groups is 1. The van der Waals surface area contributed by atoms with Gasteiger partial charge >= 0.3 is 0 Å². The first-order valence-corrected chi connectivity index (χ1v) is 8.34. The molecule has 0 saturated carbocycles. The van der Waals surface area contributed by atoms with E-state index in [-0.39, 0.29) is 35.3 Å². The molecule has 0 aliphatic carbocycles. The Morgan fingerprint density at radius 2 is 2.11 bits per heavy atom. The molecule has 0 saturated heterocycles. The zero-order valence-electron chi connectivity index (χ0n) is 14.2. The van der Waals surface area contributed by atoms with Gasteiger partial charge in [-0.1, -0.05) is 17.7 Å². The molecule has 0 amide bonds. The Bertz CT molecular complexity index is 938.